The molecular weight excluding hydrogens is 440 g/mol. The van der Waals surface area contributed by atoms with E-state index in [9.17, 15) is 9.59 Å². The fraction of sp³-hybridized carbons (Fsp3) is 0.0741. The standard InChI is InChI=1S/C27H22N6O2/c1-17-6-7-18(15-23(17)30-27(35)26-29-13-14-33(26)2)25(34)19-8-10-21-22(31-32-24(21)16-19)11-9-20-5-3-4-12-28-20/h3-16H,1-2H3,(H,30,35)(H,31,32)/b11-9+. The Kier molecular flexibility index (Phi) is 5.76. The summed E-state index contributed by atoms with van der Waals surface area (Å²) in [5, 5.41) is 11.1. The van der Waals surface area contributed by atoms with Crippen molar-refractivity contribution in [2.24, 2.45) is 7.05 Å². The Morgan fingerprint density at radius 2 is 1.80 bits per heavy atom. The van der Waals surface area contributed by atoms with E-state index in [1.165, 1.54) is 0 Å². The Labute approximate surface area is 201 Å². The predicted octanol–water partition coefficient (Wildman–Crippen LogP) is 4.65. The van der Waals surface area contributed by atoms with Crippen molar-refractivity contribution in [2.45, 2.75) is 6.92 Å². The van der Waals surface area contributed by atoms with E-state index in [1.807, 2.05) is 49.4 Å². The topological polar surface area (TPSA) is 106 Å². The van der Waals surface area contributed by atoms with Gasteiger partial charge in [0.2, 0.25) is 0 Å². The number of nitrogens with zero attached hydrogens (tertiary/aromatic N) is 4. The van der Waals surface area contributed by atoms with Gasteiger partial charge in [-0.15, -0.1) is 0 Å². The number of aromatic nitrogens is 5. The zero-order valence-corrected chi connectivity index (χ0v) is 19.2. The summed E-state index contributed by atoms with van der Waals surface area (Å²) in [5.41, 5.74) is 4.75. The monoisotopic (exact) mass is 462 g/mol. The summed E-state index contributed by atoms with van der Waals surface area (Å²) in [6.07, 6.45) is 8.78. The lowest BCUT2D eigenvalue weighted by Crippen LogP contribution is -2.17. The number of imidazole rings is 1. The molecule has 0 aliphatic carbocycles. The summed E-state index contributed by atoms with van der Waals surface area (Å²) >= 11 is 0. The number of hydrogen-bond acceptors (Lipinski definition) is 5. The van der Waals surface area contributed by atoms with Crippen LogP contribution in [0.2, 0.25) is 0 Å². The Morgan fingerprint density at radius 3 is 2.57 bits per heavy atom. The number of ketones is 1. The molecule has 0 unspecified atom stereocenters. The number of H-pyrrole nitrogens is 1. The summed E-state index contributed by atoms with van der Waals surface area (Å²) in [4.78, 5) is 34.2. The molecular formula is C27H22N6O2. The van der Waals surface area contributed by atoms with Gasteiger partial charge >= 0.3 is 0 Å². The van der Waals surface area contributed by atoms with Crippen LogP contribution in [0.4, 0.5) is 5.69 Å². The molecule has 0 spiro atoms. The van der Waals surface area contributed by atoms with Crippen LogP contribution in [0.25, 0.3) is 23.1 Å². The number of hydrogen-bond donors (Lipinski definition) is 2. The third-order valence-corrected chi connectivity index (χ3v) is 5.73. The molecule has 0 aliphatic heterocycles. The number of amides is 1. The largest absolute Gasteiger partial charge is 0.330 e. The normalized spacial score (nSPS) is 11.3. The van der Waals surface area contributed by atoms with Gasteiger partial charge in [0, 0.05) is 47.8 Å². The maximum absolute atomic E-state index is 13.3. The van der Waals surface area contributed by atoms with Crippen molar-refractivity contribution in [1.82, 2.24) is 24.7 Å². The minimum absolute atomic E-state index is 0.153. The van der Waals surface area contributed by atoms with Gasteiger partial charge in [-0.2, -0.15) is 5.10 Å². The average Bonchev–Trinajstić information content (AvgIpc) is 3.49. The van der Waals surface area contributed by atoms with E-state index < -0.39 is 0 Å². The molecule has 3 aromatic heterocycles. The molecule has 5 aromatic rings. The quantitative estimate of drug-likeness (QED) is 0.357. The van der Waals surface area contributed by atoms with Gasteiger partial charge in [-0.05, 0) is 55.0 Å². The number of anilines is 1. The number of rotatable bonds is 6. The minimum Gasteiger partial charge on any atom is -0.330 e. The summed E-state index contributed by atoms with van der Waals surface area (Å²) < 4.78 is 1.64. The molecule has 1 amide bonds. The Balaban J connectivity index is 1.39. The molecule has 5 rings (SSSR count). The SMILES string of the molecule is Cc1ccc(C(=O)c2ccc3c(/C=C/c4ccccn4)n[nH]c3c2)cc1NC(=O)c1nccn1C. The van der Waals surface area contributed by atoms with Crippen LogP contribution < -0.4 is 5.32 Å². The van der Waals surface area contributed by atoms with Crippen molar-refractivity contribution in [3.05, 3.63) is 107 Å². The highest BCUT2D eigenvalue weighted by Gasteiger charge is 2.16. The van der Waals surface area contributed by atoms with Crippen molar-refractivity contribution in [2.75, 3.05) is 5.32 Å². The molecule has 0 saturated carbocycles. The van der Waals surface area contributed by atoms with Crippen LogP contribution in [0.15, 0.2) is 73.2 Å². The van der Waals surface area contributed by atoms with E-state index >= 15 is 0 Å². The summed E-state index contributed by atoms with van der Waals surface area (Å²) in [6.45, 7) is 1.87. The van der Waals surface area contributed by atoms with Crippen molar-refractivity contribution in [3.8, 4) is 0 Å². The molecule has 0 atom stereocenters. The molecule has 35 heavy (non-hydrogen) atoms. The van der Waals surface area contributed by atoms with Crippen LogP contribution in [-0.2, 0) is 7.05 Å². The van der Waals surface area contributed by atoms with Crippen molar-refractivity contribution < 1.29 is 9.59 Å². The van der Waals surface area contributed by atoms with Crippen LogP contribution >= 0.6 is 0 Å². The Morgan fingerprint density at radius 1 is 0.971 bits per heavy atom. The smallest absolute Gasteiger partial charge is 0.291 e. The van der Waals surface area contributed by atoms with E-state index in [1.54, 1.807) is 54.5 Å². The molecule has 0 radical (unpaired) electrons. The van der Waals surface area contributed by atoms with E-state index in [2.05, 4.69) is 25.5 Å². The molecule has 3 heterocycles. The number of pyridine rings is 1. The zero-order chi connectivity index (χ0) is 24.4. The maximum atomic E-state index is 13.3. The van der Waals surface area contributed by atoms with Crippen molar-refractivity contribution >= 4 is 40.4 Å². The van der Waals surface area contributed by atoms with Crippen LogP contribution in [0, 0.1) is 6.92 Å². The van der Waals surface area contributed by atoms with Crippen LogP contribution in [-0.4, -0.2) is 36.4 Å². The molecule has 0 bridgehead atoms. The van der Waals surface area contributed by atoms with E-state index in [0.717, 1.165) is 27.9 Å². The predicted molar refractivity (Wildman–Crippen MR) is 135 cm³/mol. The molecule has 172 valence electrons. The van der Waals surface area contributed by atoms with Gasteiger partial charge in [0.05, 0.1) is 16.9 Å². The second-order valence-corrected chi connectivity index (χ2v) is 8.13. The number of carbonyl (C=O) groups excluding carboxylic acids is 2. The Hall–Kier alpha value is -4.85. The summed E-state index contributed by atoms with van der Waals surface area (Å²) in [7, 11) is 1.75. The van der Waals surface area contributed by atoms with Crippen LogP contribution in [0.3, 0.4) is 0 Å². The van der Waals surface area contributed by atoms with E-state index in [-0.39, 0.29) is 11.7 Å². The van der Waals surface area contributed by atoms with Crippen molar-refractivity contribution in [3.63, 3.8) is 0 Å². The van der Waals surface area contributed by atoms with E-state index in [4.69, 9.17) is 0 Å². The molecule has 0 saturated heterocycles. The number of aryl methyl sites for hydroxylation is 2. The molecule has 0 aliphatic rings. The minimum atomic E-state index is -0.338. The number of benzene rings is 2. The van der Waals surface area contributed by atoms with Gasteiger partial charge in [0.15, 0.2) is 11.6 Å². The second-order valence-electron chi connectivity index (χ2n) is 8.13. The first-order valence-corrected chi connectivity index (χ1v) is 11.0. The van der Waals surface area contributed by atoms with Gasteiger partial charge in [0.1, 0.15) is 0 Å². The molecule has 8 nitrogen and oxygen atoms in total. The van der Waals surface area contributed by atoms with Crippen LogP contribution in [0.5, 0.6) is 0 Å². The fourth-order valence-electron chi connectivity index (χ4n) is 3.78. The van der Waals surface area contributed by atoms with Gasteiger partial charge in [0.25, 0.3) is 5.91 Å². The first kappa shape index (κ1) is 22.0. The third kappa shape index (κ3) is 4.49. The van der Waals surface area contributed by atoms with E-state index in [0.29, 0.717) is 22.6 Å². The number of carbonyl (C=O) groups is 2. The number of nitrogens with one attached hydrogen (secondary N) is 2. The molecule has 2 N–H and O–H groups in total. The number of fused-ring (bicyclic) bond motifs is 1. The van der Waals surface area contributed by atoms with Crippen molar-refractivity contribution in [1.29, 1.82) is 0 Å². The zero-order valence-electron chi connectivity index (χ0n) is 19.2. The second kappa shape index (κ2) is 9.18. The highest BCUT2D eigenvalue weighted by atomic mass is 16.2. The van der Waals surface area contributed by atoms with Gasteiger partial charge in [-0.25, -0.2) is 4.98 Å². The average molecular weight is 463 g/mol. The summed E-state index contributed by atoms with van der Waals surface area (Å²) in [5.74, 6) is -0.200. The third-order valence-electron chi connectivity index (χ3n) is 5.73. The lowest BCUT2D eigenvalue weighted by Gasteiger charge is -2.10. The maximum Gasteiger partial charge on any atom is 0.291 e. The Bertz CT molecular complexity index is 1580. The lowest BCUT2D eigenvalue weighted by atomic mass is 9.99. The molecule has 0 fully saturated rings. The fourth-order valence-corrected chi connectivity index (χ4v) is 3.78. The highest BCUT2D eigenvalue weighted by molar-refractivity contribution is 6.12. The number of aromatic amines is 1. The molecule has 2 aromatic carbocycles. The first-order valence-electron chi connectivity index (χ1n) is 11.0. The molecule has 8 heteroatoms. The van der Waals surface area contributed by atoms with Crippen LogP contribution in [0.1, 0.15) is 43.5 Å². The van der Waals surface area contributed by atoms with Gasteiger partial charge in [-0.1, -0.05) is 24.3 Å². The highest BCUT2D eigenvalue weighted by Crippen LogP contribution is 2.23. The van der Waals surface area contributed by atoms with Gasteiger partial charge < -0.3 is 9.88 Å². The summed E-state index contributed by atoms with van der Waals surface area (Å²) in [6, 6.07) is 16.4. The first-order chi connectivity index (χ1) is 17.0. The van der Waals surface area contributed by atoms with Gasteiger partial charge in [-0.3, -0.25) is 19.7 Å². The lowest BCUT2D eigenvalue weighted by molar-refractivity contribution is 0.101.